The average molecular weight is 254 g/mol. The summed E-state index contributed by atoms with van der Waals surface area (Å²) in [5, 5.41) is 0. The van der Waals surface area contributed by atoms with Crippen LogP contribution < -0.4 is 5.73 Å². The number of nitrogens with zero attached hydrogens (tertiary/aromatic N) is 1. The van der Waals surface area contributed by atoms with E-state index < -0.39 is 27.5 Å². The van der Waals surface area contributed by atoms with Gasteiger partial charge in [0.1, 0.15) is 11.5 Å². The molecule has 8 heteroatoms. The van der Waals surface area contributed by atoms with E-state index in [1.54, 1.807) is 0 Å². The molecular weight excluding hydrogens is 245 g/mol. The van der Waals surface area contributed by atoms with Crippen molar-refractivity contribution >= 4 is 15.7 Å². The van der Waals surface area contributed by atoms with Crippen molar-refractivity contribution in [1.29, 1.82) is 0 Å². The van der Waals surface area contributed by atoms with Crippen molar-refractivity contribution in [2.45, 2.75) is 11.9 Å². The van der Waals surface area contributed by atoms with Crippen molar-refractivity contribution in [3.63, 3.8) is 0 Å². The minimum Gasteiger partial charge on any atom is -0.384 e. The van der Waals surface area contributed by atoms with Crippen molar-refractivity contribution in [2.75, 3.05) is 12.0 Å². The largest absolute Gasteiger partial charge is 0.433 e. The second kappa shape index (κ2) is 3.93. The minimum absolute atomic E-state index is 0.0256. The fourth-order valence-electron chi connectivity index (χ4n) is 1.14. The Morgan fingerprint density at radius 2 is 1.94 bits per heavy atom. The van der Waals surface area contributed by atoms with Gasteiger partial charge in [0.25, 0.3) is 0 Å². The average Bonchev–Trinajstić information content (AvgIpc) is 1.97. The molecule has 4 nitrogen and oxygen atoms in total. The fraction of sp³-hybridized carbons (Fsp3) is 0.375. The molecule has 0 aliphatic heterocycles. The number of hydrogen-bond donors (Lipinski definition) is 1. The molecule has 0 amide bonds. The van der Waals surface area contributed by atoms with Gasteiger partial charge in [-0.15, -0.1) is 0 Å². The van der Waals surface area contributed by atoms with Crippen molar-refractivity contribution in [2.24, 2.45) is 0 Å². The maximum atomic E-state index is 12.3. The van der Waals surface area contributed by atoms with E-state index in [1.165, 1.54) is 0 Å². The molecule has 0 aliphatic carbocycles. The molecule has 1 heterocycles. The molecule has 0 atom stereocenters. The van der Waals surface area contributed by atoms with E-state index in [0.29, 0.717) is 6.07 Å². The number of alkyl halides is 3. The number of pyridine rings is 1. The third-order valence-electron chi connectivity index (χ3n) is 1.62. The molecule has 0 saturated carbocycles. The van der Waals surface area contributed by atoms with Crippen LogP contribution in [0, 0.1) is 0 Å². The molecule has 0 radical (unpaired) electrons. The quantitative estimate of drug-likeness (QED) is 0.861. The Labute approximate surface area is 90.2 Å². The van der Waals surface area contributed by atoms with Crippen LogP contribution in [0.5, 0.6) is 0 Å². The van der Waals surface area contributed by atoms with Gasteiger partial charge < -0.3 is 5.73 Å². The van der Waals surface area contributed by atoms with E-state index >= 15 is 0 Å². The molecule has 0 bridgehead atoms. The summed E-state index contributed by atoms with van der Waals surface area (Å²) in [6.07, 6.45) is -3.71. The lowest BCUT2D eigenvalue weighted by atomic mass is 10.2. The molecule has 2 N–H and O–H groups in total. The number of hydrogen-bond acceptors (Lipinski definition) is 4. The Morgan fingerprint density at radius 3 is 2.38 bits per heavy atom. The highest BCUT2D eigenvalue weighted by atomic mass is 32.2. The smallest absolute Gasteiger partial charge is 0.384 e. The number of sulfone groups is 1. The highest BCUT2D eigenvalue weighted by Crippen LogP contribution is 2.29. The summed E-state index contributed by atoms with van der Waals surface area (Å²) in [5.74, 6) is -0.850. The third kappa shape index (κ3) is 3.69. The van der Waals surface area contributed by atoms with Crippen molar-refractivity contribution in [3.05, 3.63) is 23.4 Å². The standard InChI is InChI=1S/C8H9F3N2O2S/c1-16(14,15)4-5-2-6(8(9,10)11)13-7(12)3-5/h2-3H,4H2,1H3,(H2,12,13). The van der Waals surface area contributed by atoms with E-state index in [1.807, 2.05) is 0 Å². The predicted molar refractivity (Wildman–Crippen MR) is 52.2 cm³/mol. The summed E-state index contributed by atoms with van der Waals surface area (Å²) >= 11 is 0. The molecule has 0 spiro atoms. The summed E-state index contributed by atoms with van der Waals surface area (Å²) in [7, 11) is -3.41. The van der Waals surface area contributed by atoms with Crippen LogP contribution in [0.25, 0.3) is 0 Å². The molecule has 90 valence electrons. The van der Waals surface area contributed by atoms with Gasteiger partial charge in [0.15, 0.2) is 9.84 Å². The van der Waals surface area contributed by atoms with Crippen LogP contribution in [0.3, 0.4) is 0 Å². The van der Waals surface area contributed by atoms with E-state index in [4.69, 9.17) is 5.73 Å². The number of aromatic nitrogens is 1. The zero-order valence-electron chi connectivity index (χ0n) is 8.25. The van der Waals surface area contributed by atoms with E-state index in [9.17, 15) is 21.6 Å². The van der Waals surface area contributed by atoms with Gasteiger partial charge in [0, 0.05) is 6.26 Å². The Morgan fingerprint density at radius 1 is 1.38 bits per heavy atom. The third-order valence-corrected chi connectivity index (χ3v) is 2.48. The molecule has 1 aromatic heterocycles. The Balaban J connectivity index is 3.19. The predicted octanol–water partition coefficient (Wildman–Crippen LogP) is 1.23. The van der Waals surface area contributed by atoms with Gasteiger partial charge >= 0.3 is 6.18 Å². The van der Waals surface area contributed by atoms with Crippen molar-refractivity contribution in [3.8, 4) is 0 Å². The van der Waals surface area contributed by atoms with Gasteiger partial charge in [-0.2, -0.15) is 13.2 Å². The lowest BCUT2D eigenvalue weighted by Crippen LogP contribution is -2.11. The van der Waals surface area contributed by atoms with E-state index in [0.717, 1.165) is 12.3 Å². The maximum Gasteiger partial charge on any atom is 0.433 e. The molecule has 16 heavy (non-hydrogen) atoms. The van der Waals surface area contributed by atoms with Gasteiger partial charge in [-0.3, -0.25) is 0 Å². The Kier molecular flexibility index (Phi) is 3.13. The van der Waals surface area contributed by atoms with E-state index in [2.05, 4.69) is 4.98 Å². The lowest BCUT2D eigenvalue weighted by Gasteiger charge is -2.08. The van der Waals surface area contributed by atoms with Crippen LogP contribution in [0.2, 0.25) is 0 Å². The Hall–Kier alpha value is -1.31. The highest BCUT2D eigenvalue weighted by Gasteiger charge is 2.33. The van der Waals surface area contributed by atoms with Crippen molar-refractivity contribution in [1.82, 2.24) is 4.98 Å². The molecular formula is C8H9F3N2O2S. The molecule has 0 aromatic carbocycles. The summed E-state index contributed by atoms with van der Waals surface area (Å²) in [6.45, 7) is 0. The van der Waals surface area contributed by atoms with Gasteiger partial charge in [-0.1, -0.05) is 0 Å². The van der Waals surface area contributed by atoms with Crippen LogP contribution in [0.15, 0.2) is 12.1 Å². The van der Waals surface area contributed by atoms with E-state index in [-0.39, 0.29) is 11.4 Å². The molecule has 0 aliphatic rings. The number of anilines is 1. The summed E-state index contributed by atoms with van der Waals surface area (Å²) in [6, 6.07) is 1.79. The summed E-state index contributed by atoms with van der Waals surface area (Å²) < 4.78 is 58.8. The highest BCUT2D eigenvalue weighted by molar-refractivity contribution is 7.89. The first-order valence-corrected chi connectivity index (χ1v) is 6.15. The number of rotatable bonds is 2. The van der Waals surface area contributed by atoms with Crippen LogP contribution in [0.1, 0.15) is 11.3 Å². The number of nitrogens with two attached hydrogens (primary N) is 1. The zero-order valence-corrected chi connectivity index (χ0v) is 9.06. The monoisotopic (exact) mass is 254 g/mol. The SMILES string of the molecule is CS(=O)(=O)Cc1cc(N)nc(C(F)(F)F)c1. The van der Waals surface area contributed by atoms with Crippen molar-refractivity contribution < 1.29 is 21.6 Å². The van der Waals surface area contributed by atoms with Gasteiger partial charge in [0.05, 0.1) is 5.75 Å². The molecule has 0 saturated heterocycles. The number of halogens is 3. The summed E-state index contributed by atoms with van der Waals surface area (Å²) in [5.41, 5.74) is 3.95. The van der Waals surface area contributed by atoms with Crippen LogP contribution in [-0.4, -0.2) is 19.7 Å². The topological polar surface area (TPSA) is 73.0 Å². The lowest BCUT2D eigenvalue weighted by molar-refractivity contribution is -0.141. The van der Waals surface area contributed by atoms with Gasteiger partial charge in [0.2, 0.25) is 0 Å². The first kappa shape index (κ1) is 12.8. The number of nitrogen functional groups attached to an aromatic ring is 1. The first-order valence-electron chi connectivity index (χ1n) is 4.09. The molecule has 0 unspecified atom stereocenters. The summed E-state index contributed by atoms with van der Waals surface area (Å²) in [4.78, 5) is 3.09. The second-order valence-corrected chi connectivity index (χ2v) is 5.49. The minimum atomic E-state index is -4.64. The fourth-order valence-corrected chi connectivity index (χ4v) is 1.91. The normalized spacial score (nSPS) is 12.8. The van der Waals surface area contributed by atoms with Crippen LogP contribution in [0.4, 0.5) is 19.0 Å². The molecule has 0 fully saturated rings. The molecule has 1 rings (SSSR count). The molecule has 1 aromatic rings. The van der Waals surface area contributed by atoms with Gasteiger partial charge in [-0.05, 0) is 17.7 Å². The zero-order chi connectivity index (χ0) is 12.6. The Bertz CT molecular complexity index is 496. The maximum absolute atomic E-state index is 12.3. The van der Waals surface area contributed by atoms with Crippen LogP contribution in [-0.2, 0) is 21.8 Å². The second-order valence-electron chi connectivity index (χ2n) is 3.35. The first-order chi connectivity index (χ1) is 7.08. The van der Waals surface area contributed by atoms with Gasteiger partial charge in [-0.25, -0.2) is 13.4 Å². The van der Waals surface area contributed by atoms with Crippen LogP contribution >= 0.6 is 0 Å².